The van der Waals surface area contributed by atoms with E-state index in [1.165, 1.54) is 36.1 Å². The van der Waals surface area contributed by atoms with Gasteiger partial charge in [-0.1, -0.05) is 23.4 Å². The number of ether oxygens (including phenoxy) is 2. The van der Waals surface area contributed by atoms with E-state index in [1.54, 1.807) is 0 Å². The standard InChI is InChI=1S/C25H28N4O2/c1-3-20-14-22(4-1)30-12-2-10-29-16-21(26-27-29)17-31-23-7-8-24-19(13-23)9-11-28(25(20)24)15-18-5-6-18/h1,3-4,7-8,13-14,16,18,25H,2,5-6,9-12,15,17H2. The maximum atomic E-state index is 6.11. The Morgan fingerprint density at radius 2 is 1.94 bits per heavy atom. The lowest BCUT2D eigenvalue weighted by Gasteiger charge is -2.38. The van der Waals surface area contributed by atoms with Crippen LogP contribution in [-0.2, 0) is 19.6 Å². The molecule has 6 heteroatoms. The van der Waals surface area contributed by atoms with Crippen LogP contribution in [0.3, 0.4) is 0 Å². The third kappa shape index (κ3) is 4.04. The minimum absolute atomic E-state index is 0.274. The van der Waals surface area contributed by atoms with Gasteiger partial charge in [0.25, 0.3) is 0 Å². The van der Waals surface area contributed by atoms with Crippen molar-refractivity contribution in [2.45, 2.75) is 44.9 Å². The van der Waals surface area contributed by atoms with Crippen LogP contribution >= 0.6 is 0 Å². The number of hydrogen-bond donors (Lipinski definition) is 0. The average molecular weight is 417 g/mol. The molecular formula is C25H28N4O2. The Labute approximate surface area is 182 Å². The van der Waals surface area contributed by atoms with Gasteiger partial charge in [0.15, 0.2) is 0 Å². The molecule has 4 aliphatic rings. The van der Waals surface area contributed by atoms with Crippen molar-refractivity contribution in [3.05, 3.63) is 71.0 Å². The highest BCUT2D eigenvalue weighted by atomic mass is 16.5. The first kappa shape index (κ1) is 18.9. The first-order valence-electron chi connectivity index (χ1n) is 11.4. The highest BCUT2D eigenvalue weighted by Crippen LogP contribution is 2.40. The molecule has 1 fully saturated rings. The maximum Gasteiger partial charge on any atom is 0.134 e. The number of nitrogens with zero attached hydrogens (tertiary/aromatic N) is 4. The molecule has 2 aromatic carbocycles. The highest BCUT2D eigenvalue weighted by Gasteiger charge is 2.33. The second-order valence-electron chi connectivity index (χ2n) is 8.99. The molecule has 0 spiro atoms. The minimum atomic E-state index is 0.274. The topological polar surface area (TPSA) is 52.4 Å². The zero-order valence-corrected chi connectivity index (χ0v) is 17.7. The van der Waals surface area contributed by atoms with Crippen LogP contribution in [0.1, 0.15) is 47.7 Å². The molecule has 0 saturated heterocycles. The van der Waals surface area contributed by atoms with E-state index in [2.05, 4.69) is 57.7 Å². The van der Waals surface area contributed by atoms with E-state index >= 15 is 0 Å². The summed E-state index contributed by atoms with van der Waals surface area (Å²) in [6.07, 6.45) is 6.64. The second kappa shape index (κ2) is 8.00. The summed E-state index contributed by atoms with van der Waals surface area (Å²) in [7, 11) is 0. The number of rotatable bonds is 2. The van der Waals surface area contributed by atoms with Crippen molar-refractivity contribution in [2.24, 2.45) is 5.92 Å². The third-order valence-corrected chi connectivity index (χ3v) is 6.58. The molecule has 0 amide bonds. The van der Waals surface area contributed by atoms with Crippen molar-refractivity contribution in [2.75, 3.05) is 19.7 Å². The first-order valence-corrected chi connectivity index (χ1v) is 11.4. The van der Waals surface area contributed by atoms with Crippen molar-refractivity contribution in [3.63, 3.8) is 0 Å². The van der Waals surface area contributed by atoms with Gasteiger partial charge in [-0.3, -0.25) is 9.58 Å². The van der Waals surface area contributed by atoms with Crippen LogP contribution in [0.15, 0.2) is 48.7 Å². The average Bonchev–Trinajstić information content (AvgIpc) is 3.50. The lowest BCUT2D eigenvalue weighted by Crippen LogP contribution is -2.37. The van der Waals surface area contributed by atoms with E-state index in [-0.39, 0.29) is 6.04 Å². The Morgan fingerprint density at radius 1 is 1.00 bits per heavy atom. The number of aryl methyl sites for hydroxylation is 1. The molecule has 1 saturated carbocycles. The van der Waals surface area contributed by atoms with Crippen LogP contribution in [0, 0.1) is 5.92 Å². The molecule has 1 aliphatic carbocycles. The summed E-state index contributed by atoms with van der Waals surface area (Å²) in [5, 5.41) is 8.46. The SMILES string of the molecule is c1cc2cc(c1)C1c3ccc(cc3CCN1CC1CC1)OCc1cn(nn1)CCCO2. The minimum Gasteiger partial charge on any atom is -0.494 e. The summed E-state index contributed by atoms with van der Waals surface area (Å²) >= 11 is 0. The lowest BCUT2D eigenvalue weighted by molar-refractivity contribution is 0.203. The highest BCUT2D eigenvalue weighted by molar-refractivity contribution is 5.45. The van der Waals surface area contributed by atoms with Gasteiger partial charge in [0, 0.05) is 26.1 Å². The Kier molecular flexibility index (Phi) is 4.87. The Bertz CT molecular complexity index is 1070. The normalized spacial score (nSPS) is 21.2. The fraction of sp³-hybridized carbons (Fsp3) is 0.440. The summed E-state index contributed by atoms with van der Waals surface area (Å²) in [6.45, 7) is 4.14. The number of benzene rings is 2. The fourth-order valence-corrected chi connectivity index (χ4v) is 4.83. The largest absolute Gasteiger partial charge is 0.494 e. The van der Waals surface area contributed by atoms with Crippen LogP contribution in [0.2, 0.25) is 0 Å². The van der Waals surface area contributed by atoms with Gasteiger partial charge in [0.1, 0.15) is 23.8 Å². The third-order valence-electron chi connectivity index (χ3n) is 6.58. The van der Waals surface area contributed by atoms with Crippen molar-refractivity contribution in [3.8, 4) is 11.5 Å². The van der Waals surface area contributed by atoms with Crippen LogP contribution in [0.4, 0.5) is 0 Å². The zero-order valence-electron chi connectivity index (χ0n) is 17.7. The first-order chi connectivity index (χ1) is 15.3. The molecule has 1 aromatic heterocycles. The smallest absolute Gasteiger partial charge is 0.134 e. The molecule has 0 radical (unpaired) electrons. The van der Waals surface area contributed by atoms with Crippen molar-refractivity contribution in [1.82, 2.24) is 19.9 Å². The predicted octanol–water partition coefficient (Wildman–Crippen LogP) is 4.00. The Balaban J connectivity index is 1.39. The van der Waals surface area contributed by atoms with Gasteiger partial charge < -0.3 is 9.47 Å². The summed E-state index contributed by atoms with van der Waals surface area (Å²) in [4.78, 5) is 2.67. The van der Waals surface area contributed by atoms with E-state index in [1.807, 2.05) is 10.9 Å². The molecule has 7 rings (SSSR count). The molecule has 0 N–H and O–H groups in total. The molecule has 8 bridgehead atoms. The van der Waals surface area contributed by atoms with E-state index in [4.69, 9.17) is 9.47 Å². The summed E-state index contributed by atoms with van der Waals surface area (Å²) < 4.78 is 14.1. The quantitative estimate of drug-likeness (QED) is 0.632. The summed E-state index contributed by atoms with van der Waals surface area (Å²) in [6, 6.07) is 15.5. The predicted molar refractivity (Wildman–Crippen MR) is 117 cm³/mol. The van der Waals surface area contributed by atoms with E-state index in [0.29, 0.717) is 13.2 Å². The maximum absolute atomic E-state index is 6.11. The number of aromatic nitrogens is 3. The lowest BCUT2D eigenvalue weighted by atomic mass is 9.87. The molecule has 31 heavy (non-hydrogen) atoms. The summed E-state index contributed by atoms with van der Waals surface area (Å²) in [5.41, 5.74) is 4.95. The molecule has 4 heterocycles. The molecule has 1 atom stereocenters. The van der Waals surface area contributed by atoms with Crippen molar-refractivity contribution in [1.29, 1.82) is 0 Å². The molecule has 3 aliphatic heterocycles. The van der Waals surface area contributed by atoms with Crippen LogP contribution < -0.4 is 9.47 Å². The number of fused-ring (bicyclic) bond motifs is 5. The van der Waals surface area contributed by atoms with Gasteiger partial charge >= 0.3 is 0 Å². The molecule has 6 nitrogen and oxygen atoms in total. The molecular weight excluding hydrogens is 388 g/mol. The van der Waals surface area contributed by atoms with Crippen LogP contribution in [0.25, 0.3) is 0 Å². The van der Waals surface area contributed by atoms with Gasteiger partial charge in [-0.15, -0.1) is 5.10 Å². The number of hydrogen-bond acceptors (Lipinski definition) is 5. The Morgan fingerprint density at radius 3 is 2.87 bits per heavy atom. The van der Waals surface area contributed by atoms with Gasteiger partial charge in [0.2, 0.25) is 0 Å². The summed E-state index contributed by atoms with van der Waals surface area (Å²) in [5.74, 6) is 2.71. The monoisotopic (exact) mass is 416 g/mol. The van der Waals surface area contributed by atoms with Gasteiger partial charge in [-0.2, -0.15) is 0 Å². The fourth-order valence-electron chi connectivity index (χ4n) is 4.83. The van der Waals surface area contributed by atoms with Crippen LogP contribution in [0.5, 0.6) is 11.5 Å². The molecule has 3 aromatic rings. The second-order valence-corrected chi connectivity index (χ2v) is 8.99. The van der Waals surface area contributed by atoms with E-state index in [0.717, 1.165) is 49.0 Å². The van der Waals surface area contributed by atoms with Gasteiger partial charge in [-0.05, 0) is 66.1 Å². The van der Waals surface area contributed by atoms with Gasteiger partial charge in [0.05, 0.1) is 18.8 Å². The van der Waals surface area contributed by atoms with Gasteiger partial charge in [-0.25, -0.2) is 0 Å². The van der Waals surface area contributed by atoms with Crippen molar-refractivity contribution >= 4 is 0 Å². The van der Waals surface area contributed by atoms with Crippen LogP contribution in [-0.4, -0.2) is 39.6 Å². The van der Waals surface area contributed by atoms with E-state index < -0.39 is 0 Å². The zero-order chi connectivity index (χ0) is 20.6. The van der Waals surface area contributed by atoms with Crippen molar-refractivity contribution < 1.29 is 9.47 Å². The van der Waals surface area contributed by atoms with E-state index in [9.17, 15) is 0 Å². The molecule has 1 unspecified atom stereocenters. The molecule has 160 valence electrons. The Hall–Kier alpha value is -2.86.